The van der Waals surface area contributed by atoms with Gasteiger partial charge in [0.2, 0.25) is 0 Å². The second-order valence-corrected chi connectivity index (χ2v) is 5.21. The Labute approximate surface area is 137 Å². The number of amides is 4. The van der Waals surface area contributed by atoms with Gasteiger partial charge in [0.25, 0.3) is 11.8 Å². The maximum atomic E-state index is 12.2. The molecule has 0 aromatic heterocycles. The minimum Gasteiger partial charge on any atom is -0.479 e. The molecule has 0 radical (unpaired) electrons. The number of ether oxygens (including phenoxy) is 1. The van der Waals surface area contributed by atoms with Gasteiger partial charge in [0.15, 0.2) is 6.10 Å². The first-order valence-electron chi connectivity index (χ1n) is 7.04. The normalized spacial score (nSPS) is 16.3. The van der Waals surface area contributed by atoms with Crippen LogP contribution in [0.3, 0.4) is 0 Å². The van der Waals surface area contributed by atoms with E-state index in [0.29, 0.717) is 5.56 Å². The SMILES string of the molecule is C[C@@H](Oc1ccccc1C=C1C(=O)N(C)C(=O)N(C)C1=O)C(=O)O. The lowest BCUT2D eigenvalue weighted by atomic mass is 10.1. The Balaban J connectivity index is 2.44. The summed E-state index contributed by atoms with van der Waals surface area (Å²) in [5, 5.41) is 8.94. The highest BCUT2D eigenvalue weighted by molar-refractivity contribution is 6.30. The first-order valence-corrected chi connectivity index (χ1v) is 7.04. The molecule has 1 aromatic rings. The van der Waals surface area contributed by atoms with Crippen molar-refractivity contribution >= 4 is 29.9 Å². The van der Waals surface area contributed by atoms with Crippen LogP contribution in [0.4, 0.5) is 4.79 Å². The van der Waals surface area contributed by atoms with Crippen LogP contribution < -0.4 is 4.74 Å². The Hall–Kier alpha value is -3.16. The van der Waals surface area contributed by atoms with E-state index in [1.54, 1.807) is 18.2 Å². The van der Waals surface area contributed by atoms with Gasteiger partial charge in [-0.2, -0.15) is 0 Å². The molecule has 1 aliphatic heterocycles. The number of para-hydroxylation sites is 1. The van der Waals surface area contributed by atoms with E-state index in [9.17, 15) is 19.2 Å². The molecule has 8 heteroatoms. The van der Waals surface area contributed by atoms with Crippen molar-refractivity contribution in [1.82, 2.24) is 9.80 Å². The van der Waals surface area contributed by atoms with Crippen LogP contribution in [-0.4, -0.2) is 58.9 Å². The summed E-state index contributed by atoms with van der Waals surface area (Å²) in [6, 6.07) is 5.68. The van der Waals surface area contributed by atoms with Crippen molar-refractivity contribution in [3.63, 3.8) is 0 Å². The van der Waals surface area contributed by atoms with E-state index in [1.165, 1.54) is 33.2 Å². The number of carboxylic acid groups (broad SMARTS) is 1. The number of hydrogen-bond donors (Lipinski definition) is 1. The number of carboxylic acids is 1. The van der Waals surface area contributed by atoms with E-state index in [4.69, 9.17) is 9.84 Å². The highest BCUT2D eigenvalue weighted by Crippen LogP contribution is 2.25. The minimum atomic E-state index is -1.15. The van der Waals surface area contributed by atoms with Gasteiger partial charge in [-0.1, -0.05) is 18.2 Å². The molecule has 1 aliphatic rings. The highest BCUT2D eigenvalue weighted by Gasteiger charge is 2.37. The Morgan fingerprint density at radius 3 is 2.21 bits per heavy atom. The molecule has 1 heterocycles. The molecule has 24 heavy (non-hydrogen) atoms. The summed E-state index contributed by atoms with van der Waals surface area (Å²) in [6.07, 6.45) is 0.183. The van der Waals surface area contributed by atoms with Crippen LogP contribution in [0.15, 0.2) is 29.8 Å². The Morgan fingerprint density at radius 2 is 1.67 bits per heavy atom. The molecule has 1 fully saturated rings. The fraction of sp³-hybridized carbons (Fsp3) is 0.250. The summed E-state index contributed by atoms with van der Waals surface area (Å²) in [4.78, 5) is 48.7. The number of benzene rings is 1. The molecule has 1 saturated heterocycles. The number of carbonyl (C=O) groups excluding carboxylic acids is 3. The molecule has 0 saturated carbocycles. The third-order valence-corrected chi connectivity index (χ3v) is 3.51. The molecule has 8 nitrogen and oxygen atoms in total. The molecule has 1 aromatic carbocycles. The summed E-state index contributed by atoms with van der Waals surface area (Å²) in [5.74, 6) is -2.40. The lowest BCUT2D eigenvalue weighted by Crippen LogP contribution is -2.52. The van der Waals surface area contributed by atoms with Crippen molar-refractivity contribution in [2.24, 2.45) is 0 Å². The molecule has 4 amide bonds. The molecule has 2 rings (SSSR count). The number of hydrogen-bond acceptors (Lipinski definition) is 5. The molecular weight excluding hydrogens is 316 g/mol. The smallest absolute Gasteiger partial charge is 0.344 e. The fourth-order valence-electron chi connectivity index (χ4n) is 2.08. The number of nitrogens with zero attached hydrogens (tertiary/aromatic N) is 2. The van der Waals surface area contributed by atoms with Gasteiger partial charge in [0.1, 0.15) is 11.3 Å². The second-order valence-electron chi connectivity index (χ2n) is 5.21. The lowest BCUT2D eigenvalue weighted by Gasteiger charge is -2.29. The van der Waals surface area contributed by atoms with Gasteiger partial charge in [-0.05, 0) is 19.1 Å². The topological polar surface area (TPSA) is 104 Å². The van der Waals surface area contributed by atoms with Crippen LogP contribution in [0.5, 0.6) is 5.75 Å². The quantitative estimate of drug-likeness (QED) is 0.651. The van der Waals surface area contributed by atoms with E-state index in [-0.39, 0.29) is 11.3 Å². The zero-order valence-corrected chi connectivity index (χ0v) is 13.3. The molecule has 0 bridgehead atoms. The highest BCUT2D eigenvalue weighted by atomic mass is 16.5. The number of likely N-dealkylation sites (N-methyl/N-ethyl adjacent to an activating group) is 2. The van der Waals surface area contributed by atoms with Crippen molar-refractivity contribution in [3.05, 3.63) is 35.4 Å². The molecule has 0 aliphatic carbocycles. The molecule has 126 valence electrons. The number of carbonyl (C=O) groups is 4. The summed E-state index contributed by atoms with van der Waals surface area (Å²) >= 11 is 0. The zero-order valence-electron chi connectivity index (χ0n) is 13.3. The van der Waals surface area contributed by atoms with Crippen molar-refractivity contribution < 1.29 is 29.0 Å². The van der Waals surface area contributed by atoms with Gasteiger partial charge in [-0.3, -0.25) is 19.4 Å². The Bertz CT molecular complexity index is 729. The van der Waals surface area contributed by atoms with Gasteiger partial charge in [-0.25, -0.2) is 9.59 Å². The van der Waals surface area contributed by atoms with E-state index >= 15 is 0 Å². The molecule has 1 N–H and O–H groups in total. The molecule has 1 atom stereocenters. The van der Waals surface area contributed by atoms with Crippen molar-refractivity contribution in [1.29, 1.82) is 0 Å². The minimum absolute atomic E-state index is 0.210. The van der Waals surface area contributed by atoms with Crippen LogP contribution >= 0.6 is 0 Å². The first-order chi connectivity index (χ1) is 11.2. The van der Waals surface area contributed by atoms with Gasteiger partial charge in [-0.15, -0.1) is 0 Å². The van der Waals surface area contributed by atoms with Crippen molar-refractivity contribution in [2.45, 2.75) is 13.0 Å². The van der Waals surface area contributed by atoms with E-state index in [1.807, 2.05) is 0 Å². The zero-order chi connectivity index (χ0) is 18.0. The van der Waals surface area contributed by atoms with Crippen LogP contribution in [0.1, 0.15) is 12.5 Å². The number of rotatable bonds is 4. The predicted molar refractivity (Wildman–Crippen MR) is 83.1 cm³/mol. The third-order valence-electron chi connectivity index (χ3n) is 3.51. The summed E-state index contributed by atoms with van der Waals surface area (Å²) < 4.78 is 5.33. The standard InChI is InChI=1S/C16H16N2O6/c1-9(15(21)22)24-12-7-5-4-6-10(12)8-11-13(19)17(2)16(23)18(3)14(11)20/h4-9H,1-3H3,(H,21,22)/t9-/m1/s1. The van der Waals surface area contributed by atoms with Gasteiger partial charge < -0.3 is 9.84 Å². The molecular formula is C16H16N2O6. The van der Waals surface area contributed by atoms with Crippen LogP contribution in [0.25, 0.3) is 6.08 Å². The monoisotopic (exact) mass is 332 g/mol. The fourth-order valence-corrected chi connectivity index (χ4v) is 2.08. The first kappa shape index (κ1) is 17.2. The average molecular weight is 332 g/mol. The van der Waals surface area contributed by atoms with E-state index in [0.717, 1.165) is 9.80 Å². The number of aliphatic carboxylic acids is 1. The predicted octanol–water partition coefficient (Wildman–Crippen LogP) is 0.972. The van der Waals surface area contributed by atoms with Crippen LogP contribution in [0, 0.1) is 0 Å². The lowest BCUT2D eigenvalue weighted by molar-refractivity contribution is -0.144. The Morgan fingerprint density at radius 1 is 1.12 bits per heavy atom. The summed E-state index contributed by atoms with van der Waals surface area (Å²) in [7, 11) is 2.55. The van der Waals surface area contributed by atoms with Crippen LogP contribution in [0.2, 0.25) is 0 Å². The maximum absolute atomic E-state index is 12.2. The Kier molecular flexibility index (Phi) is 4.68. The van der Waals surface area contributed by atoms with Crippen LogP contribution in [-0.2, 0) is 14.4 Å². The van der Waals surface area contributed by atoms with Gasteiger partial charge >= 0.3 is 12.0 Å². The van der Waals surface area contributed by atoms with E-state index < -0.39 is 29.9 Å². The molecule has 0 spiro atoms. The summed E-state index contributed by atoms with van der Waals surface area (Å²) in [5.41, 5.74) is 0.150. The maximum Gasteiger partial charge on any atom is 0.344 e. The van der Waals surface area contributed by atoms with Gasteiger partial charge in [0.05, 0.1) is 0 Å². The largest absolute Gasteiger partial charge is 0.479 e. The third kappa shape index (κ3) is 3.12. The molecule has 0 unspecified atom stereocenters. The number of urea groups is 1. The second kappa shape index (κ2) is 6.53. The van der Waals surface area contributed by atoms with Crippen molar-refractivity contribution in [2.75, 3.05) is 14.1 Å². The van der Waals surface area contributed by atoms with Crippen molar-refractivity contribution in [3.8, 4) is 5.75 Å². The number of barbiturate groups is 1. The summed E-state index contributed by atoms with van der Waals surface area (Å²) in [6.45, 7) is 1.36. The number of imide groups is 2. The van der Waals surface area contributed by atoms with E-state index in [2.05, 4.69) is 0 Å². The van der Waals surface area contributed by atoms with Gasteiger partial charge in [0, 0.05) is 19.7 Å². The average Bonchev–Trinajstić information content (AvgIpc) is 2.56.